The lowest BCUT2D eigenvalue weighted by Gasteiger charge is -2.20. The van der Waals surface area contributed by atoms with Crippen LogP contribution in [0.25, 0.3) is 0 Å². The minimum Gasteiger partial charge on any atom is -0.462 e. The van der Waals surface area contributed by atoms with Crippen LogP contribution in [0.2, 0.25) is 0 Å². The van der Waals surface area contributed by atoms with Crippen LogP contribution < -0.4 is 0 Å². The normalized spacial score (nSPS) is 13.1. The van der Waals surface area contributed by atoms with Gasteiger partial charge in [0.05, 0.1) is 35.5 Å². The Kier molecular flexibility index (Phi) is 37.2. The number of ether oxygens (including phenoxy) is 8. The molecule has 0 amide bonds. The van der Waals surface area contributed by atoms with Crippen LogP contribution in [0.5, 0.6) is 0 Å². The van der Waals surface area contributed by atoms with Crippen molar-refractivity contribution in [1.82, 2.24) is 0 Å². The van der Waals surface area contributed by atoms with E-state index in [9.17, 15) is 117 Å². The van der Waals surface area contributed by atoms with E-state index in [1.54, 1.807) is 69.2 Å². The molecule has 0 aliphatic carbocycles. The third-order valence-electron chi connectivity index (χ3n) is 9.98. The van der Waals surface area contributed by atoms with Gasteiger partial charge in [0.2, 0.25) is 12.9 Å². The van der Waals surface area contributed by atoms with E-state index in [0.717, 1.165) is 0 Å². The molecule has 0 aromatic rings. The lowest BCUT2D eigenvalue weighted by atomic mass is 9.91. The predicted octanol–water partition coefficient (Wildman–Crippen LogP) is 11.0. The molecule has 472 valence electrons. The van der Waals surface area contributed by atoms with E-state index in [2.05, 4.69) is 33.2 Å². The zero-order valence-corrected chi connectivity index (χ0v) is 45.0. The Morgan fingerprint density at radius 2 is 0.537 bits per heavy atom. The zero-order valence-electron chi connectivity index (χ0n) is 45.0. The van der Waals surface area contributed by atoms with Crippen LogP contribution in [0.15, 0.2) is 0 Å². The Bertz CT molecular complexity index is 1890. The summed E-state index contributed by atoms with van der Waals surface area (Å²) < 4.78 is 255. The van der Waals surface area contributed by atoms with Crippen molar-refractivity contribution in [2.75, 3.05) is 52.9 Å². The van der Waals surface area contributed by atoms with Crippen molar-refractivity contribution in [1.29, 1.82) is 0 Å². The van der Waals surface area contributed by atoms with Crippen LogP contribution in [0.1, 0.15) is 121 Å². The topological polar surface area (TPSA) is 210 Å². The molecule has 16 nitrogen and oxygen atoms in total. The summed E-state index contributed by atoms with van der Waals surface area (Å²) in [6.07, 6.45) is -24.0. The number of hydrogen-bond acceptors (Lipinski definition) is 16. The second-order valence-corrected chi connectivity index (χ2v) is 17.8. The van der Waals surface area contributed by atoms with Crippen molar-refractivity contribution >= 4 is 47.8 Å². The lowest BCUT2D eigenvalue weighted by Crippen LogP contribution is -2.36. The molecule has 0 rings (SSSR count). The van der Waals surface area contributed by atoms with Crippen molar-refractivity contribution in [2.24, 2.45) is 22.7 Å². The highest BCUT2D eigenvalue weighted by molar-refractivity contribution is 5.79. The van der Waals surface area contributed by atoms with Gasteiger partial charge in [-0.25, -0.2) is 36.7 Å². The molecular weight excluding hydrogens is 1150 g/mol. The van der Waals surface area contributed by atoms with Gasteiger partial charge in [0.15, 0.2) is 0 Å². The maximum atomic E-state index is 12.8. The Morgan fingerprint density at radius 1 is 0.338 bits per heavy atom. The SMILES string of the molecule is CCC(C)(C)C(=O)OCCOC(=O)C(F)(F)CC(F)(F)F.CCC(C)(C)C(=O)OCCOC(=O)C(F)(F)CC(F)F.CCC(C)C(=O)OCCOC(=O)C(F)(F)CC(F)(F)F.CCC(C)C(=O)OCCOC(=O)C(F)(F)CC(F)F. The van der Waals surface area contributed by atoms with Gasteiger partial charge in [0.1, 0.15) is 65.7 Å². The first-order chi connectivity index (χ1) is 36.0. The quantitative estimate of drug-likeness (QED) is 0.0283. The number of carbonyl (C=O) groups is 8. The number of carbonyl (C=O) groups excluding carboxylic acids is 8. The molecule has 0 aliphatic heterocycles. The second-order valence-electron chi connectivity index (χ2n) is 17.8. The van der Waals surface area contributed by atoms with Crippen LogP contribution in [0.4, 0.5) is 79.0 Å². The molecule has 2 atom stereocenters. The summed E-state index contributed by atoms with van der Waals surface area (Å²) in [5, 5.41) is 0. The molecular formula is C46H66F18O16. The average Bonchev–Trinajstić information content (AvgIpc) is 3.31. The summed E-state index contributed by atoms with van der Waals surface area (Å²) in [7, 11) is 0. The molecule has 0 saturated heterocycles. The Balaban J connectivity index is -0.000000482. The highest BCUT2D eigenvalue weighted by atomic mass is 19.4. The molecule has 0 radical (unpaired) electrons. The van der Waals surface area contributed by atoms with Crippen LogP contribution in [0, 0.1) is 22.7 Å². The summed E-state index contributed by atoms with van der Waals surface area (Å²) in [5.41, 5.74) is -1.52. The van der Waals surface area contributed by atoms with E-state index in [0.29, 0.717) is 25.7 Å². The van der Waals surface area contributed by atoms with Crippen molar-refractivity contribution < 1.29 is 155 Å². The fraction of sp³-hybridized carbons (Fsp3) is 0.826. The number of hydrogen-bond donors (Lipinski definition) is 0. The molecule has 0 aliphatic rings. The summed E-state index contributed by atoms with van der Waals surface area (Å²) in [4.78, 5) is 88.5. The molecule has 2 unspecified atom stereocenters. The molecule has 0 fully saturated rings. The van der Waals surface area contributed by atoms with Gasteiger partial charge in [0, 0.05) is 0 Å². The summed E-state index contributed by atoms with van der Waals surface area (Å²) in [5.74, 6) is -29.6. The molecule has 0 aromatic carbocycles. The van der Waals surface area contributed by atoms with Gasteiger partial charge in [-0.2, -0.15) is 61.5 Å². The fourth-order valence-corrected chi connectivity index (χ4v) is 4.01. The smallest absolute Gasteiger partial charge is 0.395 e. The maximum Gasteiger partial charge on any atom is 0.395 e. The lowest BCUT2D eigenvalue weighted by molar-refractivity contribution is -0.209. The number of rotatable bonds is 30. The van der Waals surface area contributed by atoms with E-state index in [1.165, 1.54) is 0 Å². The summed E-state index contributed by atoms with van der Waals surface area (Å²) >= 11 is 0. The van der Waals surface area contributed by atoms with E-state index in [-0.39, 0.29) is 12.5 Å². The first-order valence-corrected chi connectivity index (χ1v) is 23.6. The molecule has 80 heavy (non-hydrogen) atoms. The highest BCUT2D eigenvalue weighted by Gasteiger charge is 2.52. The van der Waals surface area contributed by atoms with Gasteiger partial charge in [-0.15, -0.1) is 0 Å². The predicted molar refractivity (Wildman–Crippen MR) is 237 cm³/mol. The van der Waals surface area contributed by atoms with Crippen LogP contribution in [0.3, 0.4) is 0 Å². The van der Waals surface area contributed by atoms with E-state index < -0.39 is 185 Å². The Morgan fingerprint density at radius 3 is 0.725 bits per heavy atom. The van der Waals surface area contributed by atoms with Gasteiger partial charge >= 0.3 is 83.8 Å². The molecule has 0 saturated carbocycles. The van der Waals surface area contributed by atoms with Crippen molar-refractivity contribution in [3.8, 4) is 0 Å². The molecule has 0 spiro atoms. The summed E-state index contributed by atoms with van der Waals surface area (Å²) in [6.45, 7) is 12.2. The Hall–Kier alpha value is -5.50. The minimum atomic E-state index is -5.19. The van der Waals surface area contributed by atoms with E-state index >= 15 is 0 Å². The van der Waals surface area contributed by atoms with E-state index in [4.69, 9.17) is 4.74 Å². The van der Waals surface area contributed by atoms with Gasteiger partial charge in [-0.05, 0) is 53.4 Å². The molecule has 0 heterocycles. The average molecular weight is 1220 g/mol. The Labute approximate surface area is 447 Å². The first-order valence-electron chi connectivity index (χ1n) is 23.6. The third kappa shape index (κ3) is 38.2. The van der Waals surface area contributed by atoms with Gasteiger partial charge in [-0.3, -0.25) is 19.2 Å². The van der Waals surface area contributed by atoms with Crippen molar-refractivity contribution in [3.05, 3.63) is 0 Å². The van der Waals surface area contributed by atoms with Crippen molar-refractivity contribution in [3.63, 3.8) is 0 Å². The fourth-order valence-electron chi connectivity index (χ4n) is 4.01. The second kappa shape index (κ2) is 36.8. The summed E-state index contributed by atoms with van der Waals surface area (Å²) in [6, 6.07) is 0. The third-order valence-corrected chi connectivity index (χ3v) is 9.98. The molecule has 34 heteroatoms. The zero-order chi connectivity index (χ0) is 63.9. The molecule has 0 bridgehead atoms. The van der Waals surface area contributed by atoms with E-state index in [1.807, 2.05) is 0 Å². The largest absolute Gasteiger partial charge is 0.462 e. The monoisotopic (exact) mass is 1220 g/mol. The van der Waals surface area contributed by atoms with Crippen molar-refractivity contribution in [2.45, 2.75) is 169 Å². The first kappa shape index (κ1) is 81.0. The molecule has 0 aromatic heterocycles. The van der Waals surface area contributed by atoms with Gasteiger partial charge in [0.25, 0.3) is 0 Å². The number of halogens is 18. The van der Waals surface area contributed by atoms with Crippen LogP contribution in [-0.2, 0) is 76.3 Å². The maximum absolute atomic E-state index is 12.8. The number of alkyl halides is 18. The molecule has 0 N–H and O–H groups in total. The highest BCUT2D eigenvalue weighted by Crippen LogP contribution is 2.34. The standard InChI is InChI=1S/C12H17F5O4.C12H18F4O4.C11H15F5O4.C11H16F4O4/c1-4-10(2,3)8(18)20-5-6-21-9(19)11(13,14)7-12(15,16)17;1-4-11(2,3)9(17)19-5-6-20-10(18)12(15,16)7-8(13)14;1-3-7(2)8(17)19-4-5-20-9(18)10(12,13)6-11(14,15)16;1-3-7(2)9(16)18-4-5-19-10(17)11(14,15)6-8(12)13/h4-7H2,1-3H3;8H,4-7H2,1-3H3;7H,3-6H2,1-2H3;7-8H,3-6H2,1-2H3. The van der Waals surface area contributed by atoms with Gasteiger partial charge in [-0.1, -0.05) is 41.5 Å². The minimum absolute atomic E-state index is 0.351. The number of esters is 8. The van der Waals surface area contributed by atoms with Crippen LogP contribution in [-0.4, -0.2) is 150 Å². The van der Waals surface area contributed by atoms with Gasteiger partial charge < -0.3 is 37.9 Å². The van der Waals surface area contributed by atoms with Crippen LogP contribution >= 0.6 is 0 Å².